The van der Waals surface area contributed by atoms with Crippen molar-refractivity contribution in [3.05, 3.63) is 33.9 Å². The molecule has 0 unspecified atom stereocenters. The number of benzene rings is 1. The van der Waals surface area contributed by atoms with Crippen molar-refractivity contribution in [3.63, 3.8) is 0 Å². The predicted molar refractivity (Wildman–Crippen MR) is 77.3 cm³/mol. The molecule has 0 atom stereocenters. The fraction of sp³-hybridized carbons (Fsp3) is 0.429. The molecule has 1 heterocycles. The lowest BCUT2D eigenvalue weighted by atomic mass is 10.1. The quantitative estimate of drug-likeness (QED) is 0.912. The number of rotatable bonds is 3. The summed E-state index contributed by atoms with van der Waals surface area (Å²) in [5.41, 5.74) is 4.03. The number of halogens is 1. The minimum absolute atomic E-state index is 0.513. The zero-order valence-corrected chi connectivity index (χ0v) is 12.4. The molecule has 2 rings (SSSR count). The molecule has 3 heteroatoms. The van der Waals surface area contributed by atoms with Crippen LogP contribution in [0.3, 0.4) is 0 Å². The Morgan fingerprint density at radius 3 is 2.71 bits per heavy atom. The molecule has 17 heavy (non-hydrogen) atoms. The lowest BCUT2D eigenvalue weighted by Crippen LogP contribution is -2.23. The van der Waals surface area contributed by atoms with Crippen LogP contribution in [0.25, 0.3) is 10.9 Å². The summed E-state index contributed by atoms with van der Waals surface area (Å²) in [6, 6.07) is 6.99. The van der Waals surface area contributed by atoms with E-state index in [2.05, 4.69) is 71.8 Å². The first-order valence-electron chi connectivity index (χ1n) is 5.97. The van der Waals surface area contributed by atoms with Gasteiger partial charge in [0, 0.05) is 40.7 Å². The number of hydrogen-bond acceptors (Lipinski definition) is 1. The Hall–Kier alpha value is -0.800. The van der Waals surface area contributed by atoms with Gasteiger partial charge in [-0.25, -0.2) is 0 Å². The third-order valence-corrected chi connectivity index (χ3v) is 3.73. The molecule has 1 N–H and O–H groups in total. The second kappa shape index (κ2) is 4.83. The second-order valence-corrected chi connectivity index (χ2v) is 5.74. The van der Waals surface area contributed by atoms with E-state index in [1.54, 1.807) is 0 Å². The van der Waals surface area contributed by atoms with Crippen molar-refractivity contribution < 1.29 is 0 Å². The van der Waals surface area contributed by atoms with Crippen molar-refractivity contribution in [2.75, 3.05) is 0 Å². The molecule has 1 aromatic heterocycles. The molecule has 0 radical (unpaired) electrons. The molecule has 1 aromatic carbocycles. The van der Waals surface area contributed by atoms with Gasteiger partial charge in [0.05, 0.1) is 0 Å². The summed E-state index contributed by atoms with van der Waals surface area (Å²) in [6.45, 7) is 7.48. The molecular weight excluding hydrogens is 276 g/mol. The van der Waals surface area contributed by atoms with Crippen LogP contribution < -0.4 is 5.32 Å². The molecule has 2 nitrogen and oxygen atoms in total. The predicted octanol–water partition coefficient (Wildman–Crippen LogP) is 3.75. The first-order chi connectivity index (χ1) is 8.00. The molecule has 0 aliphatic carbocycles. The second-order valence-electron chi connectivity index (χ2n) is 4.83. The van der Waals surface area contributed by atoms with E-state index in [0.29, 0.717) is 6.04 Å². The lowest BCUT2D eigenvalue weighted by molar-refractivity contribution is 0.571. The van der Waals surface area contributed by atoms with Crippen molar-refractivity contribution in [3.8, 4) is 0 Å². The minimum Gasteiger partial charge on any atom is -0.346 e. The molecule has 0 saturated carbocycles. The first kappa shape index (κ1) is 12.7. The van der Waals surface area contributed by atoms with E-state index in [9.17, 15) is 0 Å². The monoisotopic (exact) mass is 294 g/mol. The standard InChI is InChI=1S/C14H19BrN2/c1-9(2)16-8-14-10(3)12-6-5-11(15)7-13(12)17(14)4/h5-7,9,16H,8H2,1-4H3. The van der Waals surface area contributed by atoms with Gasteiger partial charge < -0.3 is 9.88 Å². The van der Waals surface area contributed by atoms with Crippen LogP contribution in [0.2, 0.25) is 0 Å². The summed E-state index contributed by atoms with van der Waals surface area (Å²) in [7, 11) is 2.14. The van der Waals surface area contributed by atoms with Gasteiger partial charge in [0.25, 0.3) is 0 Å². The van der Waals surface area contributed by atoms with Crippen LogP contribution in [0.15, 0.2) is 22.7 Å². The summed E-state index contributed by atoms with van der Waals surface area (Å²) in [6.07, 6.45) is 0. The topological polar surface area (TPSA) is 17.0 Å². The SMILES string of the molecule is Cc1c(CNC(C)C)n(C)c2cc(Br)ccc12. The molecule has 92 valence electrons. The fourth-order valence-electron chi connectivity index (χ4n) is 2.20. The Kier molecular flexibility index (Phi) is 3.59. The highest BCUT2D eigenvalue weighted by molar-refractivity contribution is 9.10. The van der Waals surface area contributed by atoms with E-state index in [4.69, 9.17) is 0 Å². The van der Waals surface area contributed by atoms with Crippen LogP contribution in [0, 0.1) is 6.92 Å². The zero-order chi connectivity index (χ0) is 12.6. The van der Waals surface area contributed by atoms with Crippen molar-refractivity contribution in [2.24, 2.45) is 7.05 Å². The van der Waals surface area contributed by atoms with Crippen LogP contribution in [0.5, 0.6) is 0 Å². The first-order valence-corrected chi connectivity index (χ1v) is 6.76. The molecule has 0 aliphatic heterocycles. The highest BCUT2D eigenvalue weighted by atomic mass is 79.9. The molecule has 0 spiro atoms. The number of nitrogens with zero attached hydrogens (tertiary/aromatic N) is 1. The Morgan fingerprint density at radius 1 is 1.35 bits per heavy atom. The van der Waals surface area contributed by atoms with Gasteiger partial charge in [-0.2, -0.15) is 0 Å². The summed E-state index contributed by atoms with van der Waals surface area (Å²) in [4.78, 5) is 0. The largest absolute Gasteiger partial charge is 0.346 e. The number of aromatic nitrogens is 1. The average Bonchev–Trinajstić information content (AvgIpc) is 2.49. The molecule has 0 fully saturated rings. The normalized spacial score (nSPS) is 11.6. The van der Waals surface area contributed by atoms with Gasteiger partial charge in [0.2, 0.25) is 0 Å². The third-order valence-electron chi connectivity index (χ3n) is 3.24. The molecule has 0 aliphatic rings. The Balaban J connectivity index is 2.49. The van der Waals surface area contributed by atoms with E-state index >= 15 is 0 Å². The number of fused-ring (bicyclic) bond motifs is 1. The van der Waals surface area contributed by atoms with Crippen LogP contribution in [-0.4, -0.2) is 10.6 Å². The Morgan fingerprint density at radius 2 is 2.06 bits per heavy atom. The van der Waals surface area contributed by atoms with Gasteiger partial charge in [0.15, 0.2) is 0 Å². The van der Waals surface area contributed by atoms with Crippen molar-refractivity contribution in [1.29, 1.82) is 0 Å². The summed E-state index contributed by atoms with van der Waals surface area (Å²) < 4.78 is 3.42. The van der Waals surface area contributed by atoms with Crippen molar-refractivity contribution in [2.45, 2.75) is 33.4 Å². The zero-order valence-electron chi connectivity index (χ0n) is 10.8. The van der Waals surface area contributed by atoms with E-state index in [1.165, 1.54) is 22.2 Å². The van der Waals surface area contributed by atoms with Gasteiger partial charge in [-0.05, 0) is 24.6 Å². The fourth-order valence-corrected chi connectivity index (χ4v) is 2.55. The number of aryl methyl sites for hydroxylation is 2. The van der Waals surface area contributed by atoms with Gasteiger partial charge in [-0.15, -0.1) is 0 Å². The maximum absolute atomic E-state index is 3.53. The number of hydrogen-bond donors (Lipinski definition) is 1. The molecular formula is C14H19BrN2. The van der Waals surface area contributed by atoms with E-state index in [-0.39, 0.29) is 0 Å². The highest BCUT2D eigenvalue weighted by Crippen LogP contribution is 2.27. The lowest BCUT2D eigenvalue weighted by Gasteiger charge is -2.10. The van der Waals surface area contributed by atoms with E-state index < -0.39 is 0 Å². The molecule has 0 bridgehead atoms. The molecule has 2 aromatic rings. The molecule has 0 amide bonds. The van der Waals surface area contributed by atoms with Crippen LogP contribution in [-0.2, 0) is 13.6 Å². The maximum atomic E-state index is 3.53. The van der Waals surface area contributed by atoms with Crippen LogP contribution in [0.4, 0.5) is 0 Å². The summed E-state index contributed by atoms with van der Waals surface area (Å²) in [5, 5.41) is 4.83. The summed E-state index contributed by atoms with van der Waals surface area (Å²) >= 11 is 3.53. The third kappa shape index (κ3) is 2.40. The molecule has 0 saturated heterocycles. The smallest absolute Gasteiger partial charge is 0.0494 e. The van der Waals surface area contributed by atoms with Gasteiger partial charge >= 0.3 is 0 Å². The Labute approximate surface area is 111 Å². The summed E-state index contributed by atoms with van der Waals surface area (Å²) in [5.74, 6) is 0. The maximum Gasteiger partial charge on any atom is 0.0494 e. The van der Waals surface area contributed by atoms with Crippen molar-refractivity contribution in [1.82, 2.24) is 9.88 Å². The number of nitrogens with one attached hydrogen (secondary N) is 1. The van der Waals surface area contributed by atoms with Crippen LogP contribution in [0.1, 0.15) is 25.1 Å². The van der Waals surface area contributed by atoms with Crippen molar-refractivity contribution >= 4 is 26.8 Å². The van der Waals surface area contributed by atoms with Gasteiger partial charge in [0.1, 0.15) is 0 Å². The van der Waals surface area contributed by atoms with Gasteiger partial charge in [-0.1, -0.05) is 35.8 Å². The highest BCUT2D eigenvalue weighted by Gasteiger charge is 2.11. The minimum atomic E-state index is 0.513. The van der Waals surface area contributed by atoms with Gasteiger partial charge in [-0.3, -0.25) is 0 Å². The van der Waals surface area contributed by atoms with E-state index in [0.717, 1.165) is 11.0 Å². The Bertz CT molecular complexity index is 541. The van der Waals surface area contributed by atoms with E-state index in [1.807, 2.05) is 0 Å². The average molecular weight is 295 g/mol. The van der Waals surface area contributed by atoms with Crippen LogP contribution >= 0.6 is 15.9 Å².